The Labute approximate surface area is 146 Å². The number of aromatic nitrogens is 1. The standard InChI is InChI=1S/C18H14F3NO4/c1-2-24-17(23)15-10-22-16-8-7-13(9-14(15)16)25-11-3-5-12(6-4-11)26-18(19,20)21/h3-10,22H,2H2,1H3. The molecule has 3 rings (SSSR count). The summed E-state index contributed by atoms with van der Waals surface area (Å²) in [4.78, 5) is 14.9. The summed E-state index contributed by atoms with van der Waals surface area (Å²) in [5.41, 5.74) is 1.11. The van der Waals surface area contributed by atoms with Gasteiger partial charge in [-0.25, -0.2) is 4.79 Å². The van der Waals surface area contributed by atoms with Crippen LogP contribution < -0.4 is 9.47 Å². The second kappa shape index (κ2) is 6.99. The van der Waals surface area contributed by atoms with Crippen LogP contribution in [0.25, 0.3) is 10.9 Å². The zero-order valence-corrected chi connectivity index (χ0v) is 13.6. The molecular formula is C18H14F3NO4. The fraction of sp³-hybridized carbons (Fsp3) is 0.167. The number of fused-ring (bicyclic) bond motifs is 1. The summed E-state index contributed by atoms with van der Waals surface area (Å²) in [6.07, 6.45) is -3.19. The molecule has 3 aromatic rings. The molecule has 5 nitrogen and oxygen atoms in total. The van der Waals surface area contributed by atoms with E-state index in [-0.39, 0.29) is 12.4 Å². The highest BCUT2D eigenvalue weighted by atomic mass is 19.4. The van der Waals surface area contributed by atoms with Gasteiger partial charge in [0.2, 0.25) is 0 Å². The lowest BCUT2D eigenvalue weighted by Crippen LogP contribution is -2.16. The van der Waals surface area contributed by atoms with E-state index in [4.69, 9.17) is 9.47 Å². The molecule has 1 aromatic heterocycles. The third-order valence-electron chi connectivity index (χ3n) is 3.44. The van der Waals surface area contributed by atoms with Crippen molar-refractivity contribution >= 4 is 16.9 Å². The van der Waals surface area contributed by atoms with E-state index in [0.29, 0.717) is 22.4 Å². The molecule has 26 heavy (non-hydrogen) atoms. The topological polar surface area (TPSA) is 60.6 Å². The first-order valence-corrected chi connectivity index (χ1v) is 7.67. The molecule has 136 valence electrons. The summed E-state index contributed by atoms with van der Waals surface area (Å²) in [5.74, 6) is -0.0423. The first-order valence-electron chi connectivity index (χ1n) is 7.67. The number of nitrogens with one attached hydrogen (secondary N) is 1. The van der Waals surface area contributed by atoms with E-state index < -0.39 is 12.3 Å². The number of carbonyl (C=O) groups excluding carboxylic acids is 1. The summed E-state index contributed by atoms with van der Waals surface area (Å²) in [7, 11) is 0. The van der Waals surface area contributed by atoms with Crippen molar-refractivity contribution < 1.29 is 32.2 Å². The Hall–Kier alpha value is -3.16. The van der Waals surface area contributed by atoms with E-state index in [1.165, 1.54) is 12.1 Å². The first-order chi connectivity index (χ1) is 12.4. The van der Waals surface area contributed by atoms with Crippen LogP contribution in [0.3, 0.4) is 0 Å². The van der Waals surface area contributed by atoms with Gasteiger partial charge in [0, 0.05) is 17.1 Å². The normalized spacial score (nSPS) is 11.4. The van der Waals surface area contributed by atoms with Crippen LogP contribution in [-0.2, 0) is 4.74 Å². The van der Waals surface area contributed by atoms with Crippen molar-refractivity contribution in [1.82, 2.24) is 4.98 Å². The lowest BCUT2D eigenvalue weighted by Gasteiger charge is -2.10. The quantitative estimate of drug-likeness (QED) is 0.644. The van der Waals surface area contributed by atoms with Crippen LogP contribution in [0.1, 0.15) is 17.3 Å². The summed E-state index contributed by atoms with van der Waals surface area (Å²) in [6, 6.07) is 10.1. The van der Waals surface area contributed by atoms with Gasteiger partial charge < -0.3 is 19.2 Å². The highest BCUT2D eigenvalue weighted by Crippen LogP contribution is 2.30. The molecule has 0 saturated carbocycles. The maximum atomic E-state index is 12.2. The van der Waals surface area contributed by atoms with Crippen LogP contribution in [0, 0.1) is 0 Å². The Morgan fingerprint density at radius 1 is 1.04 bits per heavy atom. The van der Waals surface area contributed by atoms with Crippen LogP contribution in [0.15, 0.2) is 48.7 Å². The molecule has 0 aliphatic rings. The van der Waals surface area contributed by atoms with Crippen molar-refractivity contribution in [1.29, 1.82) is 0 Å². The fourth-order valence-corrected chi connectivity index (χ4v) is 2.39. The van der Waals surface area contributed by atoms with Crippen molar-refractivity contribution in [2.75, 3.05) is 6.61 Å². The second-order valence-electron chi connectivity index (χ2n) is 5.25. The van der Waals surface area contributed by atoms with Gasteiger partial charge in [0.1, 0.15) is 17.2 Å². The summed E-state index contributed by atoms with van der Waals surface area (Å²) >= 11 is 0. The molecule has 8 heteroatoms. The van der Waals surface area contributed by atoms with Crippen LogP contribution in [0.5, 0.6) is 17.2 Å². The highest BCUT2D eigenvalue weighted by molar-refractivity contribution is 6.04. The van der Waals surface area contributed by atoms with Gasteiger partial charge in [-0.15, -0.1) is 13.2 Å². The zero-order valence-electron chi connectivity index (χ0n) is 13.6. The second-order valence-corrected chi connectivity index (χ2v) is 5.25. The SMILES string of the molecule is CCOC(=O)c1c[nH]c2ccc(Oc3ccc(OC(F)(F)F)cc3)cc12. The molecule has 1 heterocycles. The summed E-state index contributed by atoms with van der Waals surface area (Å²) < 4.78 is 51.0. The number of benzene rings is 2. The Bertz CT molecular complexity index is 916. The van der Waals surface area contributed by atoms with E-state index in [1.54, 1.807) is 31.3 Å². The Kier molecular flexibility index (Phi) is 4.75. The van der Waals surface area contributed by atoms with E-state index in [9.17, 15) is 18.0 Å². The van der Waals surface area contributed by atoms with Gasteiger partial charge in [-0.1, -0.05) is 0 Å². The molecule has 0 aliphatic carbocycles. The van der Waals surface area contributed by atoms with Gasteiger partial charge in [0.25, 0.3) is 0 Å². The van der Waals surface area contributed by atoms with Gasteiger partial charge in [-0.2, -0.15) is 0 Å². The number of alkyl halides is 3. The predicted octanol–water partition coefficient (Wildman–Crippen LogP) is 5.04. The summed E-state index contributed by atoms with van der Waals surface area (Å²) in [5, 5.41) is 0.623. The Morgan fingerprint density at radius 2 is 1.69 bits per heavy atom. The average molecular weight is 365 g/mol. The van der Waals surface area contributed by atoms with Crippen molar-refractivity contribution in [3.63, 3.8) is 0 Å². The molecule has 0 unspecified atom stereocenters. The van der Waals surface area contributed by atoms with Crippen molar-refractivity contribution in [3.05, 3.63) is 54.2 Å². The molecule has 2 aromatic carbocycles. The number of H-pyrrole nitrogens is 1. The minimum absolute atomic E-state index is 0.258. The van der Waals surface area contributed by atoms with Crippen LogP contribution in [0.4, 0.5) is 13.2 Å². The van der Waals surface area contributed by atoms with Crippen molar-refractivity contribution in [2.24, 2.45) is 0 Å². The molecule has 0 atom stereocenters. The Morgan fingerprint density at radius 3 is 2.35 bits per heavy atom. The maximum absolute atomic E-state index is 12.2. The number of aromatic amines is 1. The van der Waals surface area contributed by atoms with Gasteiger partial charge in [0.05, 0.1) is 12.2 Å². The molecule has 0 spiro atoms. The largest absolute Gasteiger partial charge is 0.573 e. The molecule has 0 saturated heterocycles. The fourth-order valence-electron chi connectivity index (χ4n) is 2.39. The minimum Gasteiger partial charge on any atom is -0.462 e. The number of rotatable bonds is 5. The van der Waals surface area contributed by atoms with E-state index in [1.807, 2.05) is 0 Å². The number of carbonyl (C=O) groups is 1. The van der Waals surface area contributed by atoms with E-state index >= 15 is 0 Å². The number of esters is 1. The van der Waals surface area contributed by atoms with Crippen molar-refractivity contribution in [2.45, 2.75) is 13.3 Å². The summed E-state index contributed by atoms with van der Waals surface area (Å²) in [6.45, 7) is 1.97. The highest BCUT2D eigenvalue weighted by Gasteiger charge is 2.31. The molecule has 0 fully saturated rings. The van der Waals surface area contributed by atoms with E-state index in [2.05, 4.69) is 9.72 Å². The van der Waals surface area contributed by atoms with Gasteiger partial charge in [-0.05, 0) is 49.4 Å². The molecular weight excluding hydrogens is 351 g/mol. The van der Waals surface area contributed by atoms with Gasteiger partial charge in [-0.3, -0.25) is 0 Å². The predicted molar refractivity (Wildman–Crippen MR) is 87.5 cm³/mol. The molecule has 0 amide bonds. The van der Waals surface area contributed by atoms with Crippen molar-refractivity contribution in [3.8, 4) is 17.2 Å². The van der Waals surface area contributed by atoms with Crippen LogP contribution in [-0.4, -0.2) is 23.9 Å². The molecule has 1 N–H and O–H groups in total. The number of hydrogen-bond acceptors (Lipinski definition) is 4. The maximum Gasteiger partial charge on any atom is 0.573 e. The third-order valence-corrected chi connectivity index (χ3v) is 3.44. The molecule has 0 bridgehead atoms. The monoisotopic (exact) mass is 365 g/mol. The third kappa shape index (κ3) is 4.08. The number of halogens is 3. The first kappa shape index (κ1) is 17.7. The minimum atomic E-state index is -4.74. The molecule has 0 radical (unpaired) electrons. The average Bonchev–Trinajstić information content (AvgIpc) is 2.99. The number of hydrogen-bond donors (Lipinski definition) is 1. The smallest absolute Gasteiger partial charge is 0.462 e. The lowest BCUT2D eigenvalue weighted by atomic mass is 10.1. The number of ether oxygens (including phenoxy) is 3. The van der Waals surface area contributed by atoms with Gasteiger partial charge in [0.15, 0.2) is 0 Å². The van der Waals surface area contributed by atoms with Crippen LogP contribution in [0.2, 0.25) is 0 Å². The zero-order chi connectivity index (χ0) is 18.7. The van der Waals surface area contributed by atoms with Crippen LogP contribution >= 0.6 is 0 Å². The molecule has 0 aliphatic heterocycles. The Balaban J connectivity index is 1.80. The van der Waals surface area contributed by atoms with Gasteiger partial charge >= 0.3 is 12.3 Å². The van der Waals surface area contributed by atoms with E-state index in [0.717, 1.165) is 17.6 Å². The lowest BCUT2D eigenvalue weighted by molar-refractivity contribution is -0.274.